The van der Waals surface area contributed by atoms with E-state index in [9.17, 15) is 4.79 Å². The summed E-state index contributed by atoms with van der Waals surface area (Å²) in [5, 5.41) is 4.13. The topological polar surface area (TPSA) is 68.5 Å². The summed E-state index contributed by atoms with van der Waals surface area (Å²) in [6, 6.07) is 23.4. The standard InChI is InChI=1S/C26H23N3O3/c1-17-6-10-21(11-7-17)29-16-20(15-24(29)30)26-27-25(28-32-26)19-8-12-22(13-9-19)31-23-5-3-4-18(2)14-23/h3-14,20H,15-16H2,1-2H3. The molecule has 1 unspecified atom stereocenters. The summed E-state index contributed by atoms with van der Waals surface area (Å²) in [5.74, 6) is 2.47. The zero-order valence-corrected chi connectivity index (χ0v) is 18.0. The van der Waals surface area contributed by atoms with Crippen LogP contribution >= 0.6 is 0 Å². The fourth-order valence-electron chi connectivity index (χ4n) is 3.85. The number of aryl methyl sites for hydroxylation is 2. The highest BCUT2D eigenvalue weighted by atomic mass is 16.5. The molecular weight excluding hydrogens is 402 g/mol. The highest BCUT2D eigenvalue weighted by Crippen LogP contribution is 2.32. The van der Waals surface area contributed by atoms with Crippen LogP contribution in [0.25, 0.3) is 11.4 Å². The molecule has 1 aliphatic heterocycles. The first kappa shape index (κ1) is 20.0. The number of hydrogen-bond donors (Lipinski definition) is 0. The van der Waals surface area contributed by atoms with Gasteiger partial charge in [0.1, 0.15) is 11.5 Å². The van der Waals surface area contributed by atoms with Crippen molar-refractivity contribution in [2.45, 2.75) is 26.2 Å². The molecule has 0 aliphatic carbocycles. The predicted octanol–water partition coefficient (Wildman–Crippen LogP) is 5.67. The van der Waals surface area contributed by atoms with Crippen molar-refractivity contribution in [3.63, 3.8) is 0 Å². The molecule has 0 saturated carbocycles. The lowest BCUT2D eigenvalue weighted by atomic mass is 10.1. The lowest BCUT2D eigenvalue weighted by Gasteiger charge is -2.16. The molecule has 1 atom stereocenters. The first-order valence-electron chi connectivity index (χ1n) is 10.6. The van der Waals surface area contributed by atoms with E-state index in [0.29, 0.717) is 24.7 Å². The van der Waals surface area contributed by atoms with Crippen molar-refractivity contribution in [3.05, 3.63) is 89.8 Å². The van der Waals surface area contributed by atoms with Crippen LogP contribution in [0.15, 0.2) is 77.3 Å². The fraction of sp³-hybridized carbons (Fsp3) is 0.192. The highest BCUT2D eigenvalue weighted by molar-refractivity contribution is 5.96. The Bertz CT molecular complexity index is 1250. The van der Waals surface area contributed by atoms with E-state index < -0.39 is 0 Å². The van der Waals surface area contributed by atoms with Crippen molar-refractivity contribution in [1.29, 1.82) is 0 Å². The third-order valence-electron chi connectivity index (χ3n) is 5.60. The Morgan fingerprint density at radius 2 is 1.72 bits per heavy atom. The number of carbonyl (C=O) groups excluding carboxylic acids is 1. The van der Waals surface area contributed by atoms with E-state index in [0.717, 1.165) is 33.9 Å². The summed E-state index contributed by atoms with van der Waals surface area (Å²) < 4.78 is 11.4. The Kier molecular flexibility index (Phi) is 5.19. The first-order chi connectivity index (χ1) is 15.5. The lowest BCUT2D eigenvalue weighted by Crippen LogP contribution is -2.24. The maximum atomic E-state index is 12.6. The largest absolute Gasteiger partial charge is 0.457 e. The molecule has 160 valence electrons. The SMILES string of the molecule is Cc1ccc(N2CC(c3nc(-c4ccc(Oc5cccc(C)c5)cc4)no3)CC2=O)cc1. The normalized spacial score (nSPS) is 15.9. The fourth-order valence-corrected chi connectivity index (χ4v) is 3.85. The molecule has 0 spiro atoms. The van der Waals surface area contributed by atoms with Gasteiger partial charge in [0, 0.05) is 24.2 Å². The van der Waals surface area contributed by atoms with Crippen LogP contribution in [0.3, 0.4) is 0 Å². The molecule has 1 aliphatic rings. The average molecular weight is 425 g/mol. The van der Waals surface area contributed by atoms with Gasteiger partial charge in [-0.25, -0.2) is 0 Å². The minimum absolute atomic E-state index is 0.0660. The van der Waals surface area contributed by atoms with Crippen LogP contribution in [0.1, 0.15) is 29.4 Å². The number of benzene rings is 3. The molecular formula is C26H23N3O3. The monoisotopic (exact) mass is 425 g/mol. The number of nitrogens with zero attached hydrogens (tertiary/aromatic N) is 3. The summed E-state index contributed by atoms with van der Waals surface area (Å²) in [7, 11) is 0. The van der Waals surface area contributed by atoms with Crippen LogP contribution in [-0.4, -0.2) is 22.6 Å². The van der Waals surface area contributed by atoms with Gasteiger partial charge >= 0.3 is 0 Å². The van der Waals surface area contributed by atoms with Gasteiger partial charge in [-0.15, -0.1) is 0 Å². The van der Waals surface area contributed by atoms with E-state index in [4.69, 9.17) is 9.26 Å². The first-order valence-corrected chi connectivity index (χ1v) is 10.6. The number of anilines is 1. The molecule has 1 aromatic heterocycles. The zero-order valence-electron chi connectivity index (χ0n) is 18.0. The Morgan fingerprint density at radius 1 is 0.938 bits per heavy atom. The number of hydrogen-bond acceptors (Lipinski definition) is 5. The van der Waals surface area contributed by atoms with Gasteiger partial charge < -0.3 is 14.2 Å². The van der Waals surface area contributed by atoms with Crippen molar-refractivity contribution in [1.82, 2.24) is 10.1 Å². The number of aromatic nitrogens is 2. The number of amides is 1. The Morgan fingerprint density at radius 3 is 2.47 bits per heavy atom. The van der Waals surface area contributed by atoms with Crippen molar-refractivity contribution in [2.75, 3.05) is 11.4 Å². The van der Waals surface area contributed by atoms with Gasteiger partial charge in [0.15, 0.2) is 0 Å². The van der Waals surface area contributed by atoms with E-state index in [2.05, 4.69) is 10.1 Å². The molecule has 1 fully saturated rings. The lowest BCUT2D eigenvalue weighted by molar-refractivity contribution is -0.117. The maximum absolute atomic E-state index is 12.6. The van der Waals surface area contributed by atoms with E-state index in [-0.39, 0.29) is 11.8 Å². The second-order valence-corrected chi connectivity index (χ2v) is 8.14. The molecule has 4 aromatic rings. The highest BCUT2D eigenvalue weighted by Gasteiger charge is 2.35. The molecule has 2 heterocycles. The van der Waals surface area contributed by atoms with Gasteiger partial charge in [-0.2, -0.15) is 4.98 Å². The summed E-state index contributed by atoms with van der Waals surface area (Å²) in [5.41, 5.74) is 4.03. The number of carbonyl (C=O) groups is 1. The van der Waals surface area contributed by atoms with E-state index in [1.807, 2.05) is 86.6 Å². The number of rotatable bonds is 5. The van der Waals surface area contributed by atoms with E-state index in [1.54, 1.807) is 4.90 Å². The van der Waals surface area contributed by atoms with Crippen LogP contribution in [0.5, 0.6) is 11.5 Å². The van der Waals surface area contributed by atoms with Crippen molar-refractivity contribution in [2.24, 2.45) is 0 Å². The van der Waals surface area contributed by atoms with Crippen molar-refractivity contribution < 1.29 is 14.1 Å². The molecule has 0 N–H and O–H groups in total. The van der Waals surface area contributed by atoms with Crippen molar-refractivity contribution in [3.8, 4) is 22.9 Å². The van der Waals surface area contributed by atoms with Gasteiger partial charge in [0.25, 0.3) is 0 Å². The Balaban J connectivity index is 1.28. The van der Waals surface area contributed by atoms with Crippen LogP contribution < -0.4 is 9.64 Å². The van der Waals surface area contributed by atoms with Gasteiger partial charge in [-0.05, 0) is 67.9 Å². The van der Waals surface area contributed by atoms with Gasteiger partial charge in [-0.3, -0.25) is 4.79 Å². The molecule has 6 nitrogen and oxygen atoms in total. The quantitative estimate of drug-likeness (QED) is 0.412. The summed E-state index contributed by atoms with van der Waals surface area (Å²) in [4.78, 5) is 18.9. The van der Waals surface area contributed by atoms with Crippen molar-refractivity contribution >= 4 is 11.6 Å². The van der Waals surface area contributed by atoms with E-state index in [1.165, 1.54) is 0 Å². The molecule has 1 saturated heterocycles. The molecule has 0 bridgehead atoms. The summed E-state index contributed by atoms with van der Waals surface area (Å²) in [6.07, 6.45) is 0.360. The molecule has 6 heteroatoms. The number of ether oxygens (including phenoxy) is 1. The van der Waals surface area contributed by atoms with Crippen LogP contribution in [0.2, 0.25) is 0 Å². The van der Waals surface area contributed by atoms with Crippen LogP contribution in [-0.2, 0) is 4.79 Å². The third kappa shape index (κ3) is 4.12. The summed E-state index contributed by atoms with van der Waals surface area (Å²) in [6.45, 7) is 4.59. The smallest absolute Gasteiger partial charge is 0.232 e. The zero-order chi connectivity index (χ0) is 22.1. The Hall–Kier alpha value is -3.93. The Labute approximate surface area is 186 Å². The van der Waals surface area contributed by atoms with Gasteiger partial charge in [-0.1, -0.05) is 35.0 Å². The van der Waals surface area contributed by atoms with Gasteiger partial charge in [0.2, 0.25) is 17.6 Å². The summed E-state index contributed by atoms with van der Waals surface area (Å²) >= 11 is 0. The predicted molar refractivity (Wildman–Crippen MR) is 122 cm³/mol. The van der Waals surface area contributed by atoms with Crippen LogP contribution in [0.4, 0.5) is 5.69 Å². The second kappa shape index (κ2) is 8.30. The minimum Gasteiger partial charge on any atom is -0.457 e. The molecule has 1 amide bonds. The maximum Gasteiger partial charge on any atom is 0.232 e. The molecule has 32 heavy (non-hydrogen) atoms. The van der Waals surface area contributed by atoms with Crippen LogP contribution in [0, 0.1) is 13.8 Å². The minimum atomic E-state index is -0.117. The van der Waals surface area contributed by atoms with E-state index >= 15 is 0 Å². The third-order valence-corrected chi connectivity index (χ3v) is 5.60. The molecule has 3 aromatic carbocycles. The molecule has 5 rings (SSSR count). The average Bonchev–Trinajstić information content (AvgIpc) is 3.42. The van der Waals surface area contributed by atoms with Gasteiger partial charge in [0.05, 0.1) is 5.92 Å². The second-order valence-electron chi connectivity index (χ2n) is 8.14. The molecule has 0 radical (unpaired) electrons.